The van der Waals surface area contributed by atoms with Crippen molar-refractivity contribution in [1.82, 2.24) is 5.32 Å². The van der Waals surface area contributed by atoms with Crippen molar-refractivity contribution in [2.75, 3.05) is 18.9 Å². The topological polar surface area (TPSA) is 49.3 Å². The molecule has 1 rings (SSSR count). The molecule has 0 aliphatic carbocycles. The zero-order chi connectivity index (χ0) is 15.3. The molecule has 1 aromatic rings. The van der Waals surface area contributed by atoms with Crippen molar-refractivity contribution >= 4 is 33.6 Å². The number of thioether (sulfide) groups is 1. The van der Waals surface area contributed by atoms with Crippen LogP contribution in [0, 0.1) is 13.8 Å². The Labute approximate surface area is 129 Å². The number of nitrogens with one attached hydrogen (secondary N) is 1. The first kappa shape index (κ1) is 17.4. The second-order valence-electron chi connectivity index (χ2n) is 4.45. The standard InChI is InChI=1S/C13H16BrF2NO2S/c1-8-4-11(9(2)3-10(8)14)20-5-12(19)17-6-13(15,16)7-18/h3-4,18H,5-7H2,1-2H3,(H,17,19). The lowest BCUT2D eigenvalue weighted by Crippen LogP contribution is -2.39. The average molecular weight is 368 g/mol. The molecule has 0 bridgehead atoms. The Hall–Kier alpha value is -0.660. The van der Waals surface area contributed by atoms with Crippen molar-refractivity contribution in [3.8, 4) is 0 Å². The molecular weight excluding hydrogens is 352 g/mol. The monoisotopic (exact) mass is 367 g/mol. The third-order valence-corrected chi connectivity index (χ3v) is 4.60. The van der Waals surface area contributed by atoms with Gasteiger partial charge in [0.2, 0.25) is 5.91 Å². The van der Waals surface area contributed by atoms with Crippen molar-refractivity contribution in [3.05, 3.63) is 27.7 Å². The Kier molecular flexibility index (Phi) is 6.42. The number of halogens is 3. The van der Waals surface area contributed by atoms with Crippen LogP contribution in [0.4, 0.5) is 8.78 Å². The lowest BCUT2D eigenvalue weighted by atomic mass is 10.2. The van der Waals surface area contributed by atoms with Gasteiger partial charge in [0, 0.05) is 9.37 Å². The van der Waals surface area contributed by atoms with E-state index in [1.807, 2.05) is 26.0 Å². The Morgan fingerprint density at radius 3 is 2.65 bits per heavy atom. The molecule has 2 N–H and O–H groups in total. The van der Waals surface area contributed by atoms with Gasteiger partial charge in [-0.3, -0.25) is 4.79 Å². The van der Waals surface area contributed by atoms with Crippen LogP contribution in [0.5, 0.6) is 0 Å². The number of hydrogen-bond donors (Lipinski definition) is 2. The number of hydrogen-bond acceptors (Lipinski definition) is 3. The predicted molar refractivity (Wildman–Crippen MR) is 79.4 cm³/mol. The van der Waals surface area contributed by atoms with Gasteiger partial charge < -0.3 is 10.4 Å². The molecule has 112 valence electrons. The molecule has 0 fully saturated rings. The van der Waals surface area contributed by atoms with Crippen LogP contribution in [0.1, 0.15) is 11.1 Å². The van der Waals surface area contributed by atoms with Crippen LogP contribution >= 0.6 is 27.7 Å². The van der Waals surface area contributed by atoms with Crippen LogP contribution in [-0.4, -0.2) is 35.8 Å². The zero-order valence-electron chi connectivity index (χ0n) is 11.2. The number of carbonyl (C=O) groups excluding carboxylic acids is 1. The largest absolute Gasteiger partial charge is 0.390 e. The number of benzene rings is 1. The number of aryl methyl sites for hydroxylation is 2. The molecule has 20 heavy (non-hydrogen) atoms. The van der Waals surface area contributed by atoms with E-state index in [0.29, 0.717) is 0 Å². The summed E-state index contributed by atoms with van der Waals surface area (Å²) in [6, 6.07) is 3.90. The van der Waals surface area contributed by atoms with E-state index < -0.39 is 25.0 Å². The highest BCUT2D eigenvalue weighted by Crippen LogP contribution is 2.28. The third kappa shape index (κ3) is 5.38. The molecule has 0 heterocycles. The van der Waals surface area contributed by atoms with Gasteiger partial charge in [-0.25, -0.2) is 8.78 Å². The van der Waals surface area contributed by atoms with Gasteiger partial charge in [-0.2, -0.15) is 0 Å². The van der Waals surface area contributed by atoms with Crippen molar-refractivity contribution in [3.63, 3.8) is 0 Å². The Balaban J connectivity index is 2.51. The van der Waals surface area contributed by atoms with Gasteiger partial charge in [0.05, 0.1) is 12.3 Å². The molecule has 0 aromatic heterocycles. The summed E-state index contributed by atoms with van der Waals surface area (Å²) < 4.78 is 26.5. The molecule has 0 saturated heterocycles. The predicted octanol–water partition coefficient (Wildman–Crippen LogP) is 2.90. The van der Waals surface area contributed by atoms with Crippen molar-refractivity contribution in [1.29, 1.82) is 0 Å². The van der Waals surface area contributed by atoms with Gasteiger partial charge in [0.1, 0.15) is 6.61 Å². The second kappa shape index (κ2) is 7.38. The molecule has 0 atom stereocenters. The smallest absolute Gasteiger partial charge is 0.287 e. The molecule has 1 aromatic carbocycles. The van der Waals surface area contributed by atoms with Crippen LogP contribution in [0.2, 0.25) is 0 Å². The molecule has 7 heteroatoms. The third-order valence-electron chi connectivity index (χ3n) is 2.59. The molecule has 3 nitrogen and oxygen atoms in total. The van der Waals surface area contributed by atoms with E-state index in [9.17, 15) is 13.6 Å². The van der Waals surface area contributed by atoms with Crippen LogP contribution < -0.4 is 5.32 Å². The van der Waals surface area contributed by atoms with E-state index in [1.54, 1.807) is 0 Å². The van der Waals surface area contributed by atoms with Gasteiger partial charge in [0.15, 0.2) is 0 Å². The molecule has 0 radical (unpaired) electrons. The number of aliphatic hydroxyl groups is 1. The maximum Gasteiger partial charge on any atom is 0.287 e. The number of carbonyl (C=O) groups is 1. The molecule has 0 aliphatic rings. The summed E-state index contributed by atoms with van der Waals surface area (Å²) in [6.45, 7) is 1.74. The highest BCUT2D eigenvalue weighted by atomic mass is 79.9. The summed E-state index contributed by atoms with van der Waals surface area (Å²) in [6.07, 6.45) is 0. The molecule has 1 amide bonds. The Morgan fingerprint density at radius 1 is 1.40 bits per heavy atom. The van der Waals surface area contributed by atoms with Gasteiger partial charge in [-0.05, 0) is 37.1 Å². The fourth-order valence-electron chi connectivity index (χ4n) is 1.39. The second-order valence-corrected chi connectivity index (χ2v) is 6.32. The quantitative estimate of drug-likeness (QED) is 0.760. The zero-order valence-corrected chi connectivity index (χ0v) is 13.6. The maximum atomic E-state index is 12.8. The fourth-order valence-corrected chi connectivity index (χ4v) is 2.78. The SMILES string of the molecule is Cc1cc(SCC(=O)NCC(F)(F)CO)c(C)cc1Br. The highest BCUT2D eigenvalue weighted by Gasteiger charge is 2.28. The molecular formula is C13H16BrF2NO2S. The average Bonchev–Trinajstić information content (AvgIpc) is 2.39. The molecule has 0 unspecified atom stereocenters. The van der Waals surface area contributed by atoms with E-state index >= 15 is 0 Å². The Bertz CT molecular complexity index is 498. The van der Waals surface area contributed by atoms with Crippen LogP contribution in [0.3, 0.4) is 0 Å². The first-order valence-corrected chi connectivity index (χ1v) is 7.68. The van der Waals surface area contributed by atoms with E-state index in [-0.39, 0.29) is 5.75 Å². The van der Waals surface area contributed by atoms with Crippen molar-refractivity contribution in [2.45, 2.75) is 24.7 Å². The van der Waals surface area contributed by atoms with Gasteiger partial charge in [-0.1, -0.05) is 15.9 Å². The summed E-state index contributed by atoms with van der Waals surface area (Å²) in [4.78, 5) is 12.4. The van der Waals surface area contributed by atoms with Crippen molar-refractivity contribution < 1.29 is 18.7 Å². The van der Waals surface area contributed by atoms with E-state index in [2.05, 4.69) is 21.2 Å². The Morgan fingerprint density at radius 2 is 2.05 bits per heavy atom. The number of alkyl halides is 2. The number of rotatable bonds is 6. The summed E-state index contributed by atoms with van der Waals surface area (Å²) in [5.41, 5.74) is 2.06. The maximum absolute atomic E-state index is 12.8. The normalized spacial score (nSPS) is 11.5. The van der Waals surface area contributed by atoms with E-state index in [4.69, 9.17) is 5.11 Å². The van der Waals surface area contributed by atoms with Crippen LogP contribution in [0.25, 0.3) is 0 Å². The van der Waals surface area contributed by atoms with Crippen molar-refractivity contribution in [2.24, 2.45) is 0 Å². The van der Waals surface area contributed by atoms with Gasteiger partial charge in [0.25, 0.3) is 5.92 Å². The minimum atomic E-state index is -3.27. The van der Waals surface area contributed by atoms with Crippen LogP contribution in [-0.2, 0) is 4.79 Å². The number of amides is 1. The minimum Gasteiger partial charge on any atom is -0.390 e. The first-order valence-electron chi connectivity index (χ1n) is 5.90. The van der Waals surface area contributed by atoms with E-state index in [1.165, 1.54) is 11.8 Å². The highest BCUT2D eigenvalue weighted by molar-refractivity contribution is 9.10. The number of aliphatic hydroxyl groups excluding tert-OH is 1. The molecule has 0 saturated carbocycles. The summed E-state index contributed by atoms with van der Waals surface area (Å²) in [5, 5.41) is 10.5. The summed E-state index contributed by atoms with van der Waals surface area (Å²) >= 11 is 4.72. The minimum absolute atomic E-state index is 0.0589. The van der Waals surface area contributed by atoms with Crippen LogP contribution in [0.15, 0.2) is 21.5 Å². The van der Waals surface area contributed by atoms with Gasteiger partial charge >= 0.3 is 0 Å². The molecule has 0 spiro atoms. The molecule has 0 aliphatic heterocycles. The lowest BCUT2D eigenvalue weighted by Gasteiger charge is -2.14. The van der Waals surface area contributed by atoms with Gasteiger partial charge in [-0.15, -0.1) is 11.8 Å². The summed E-state index contributed by atoms with van der Waals surface area (Å²) in [7, 11) is 0. The fraction of sp³-hybridized carbons (Fsp3) is 0.462. The lowest BCUT2D eigenvalue weighted by molar-refractivity contribution is -0.121. The summed E-state index contributed by atoms with van der Waals surface area (Å²) in [5.74, 6) is -3.70. The first-order chi connectivity index (χ1) is 9.25. The van der Waals surface area contributed by atoms with E-state index in [0.717, 1.165) is 20.5 Å².